The molecule has 0 radical (unpaired) electrons. The average Bonchev–Trinajstić information content (AvgIpc) is 2.65. The molecule has 0 aromatic carbocycles. The zero-order chi connectivity index (χ0) is 12.3. The number of hydrogen-bond donors (Lipinski definition) is 1. The third kappa shape index (κ3) is 3.94. The summed E-state index contributed by atoms with van der Waals surface area (Å²) in [5.41, 5.74) is 0. The van der Waals surface area contributed by atoms with E-state index in [0.29, 0.717) is 0 Å². The van der Waals surface area contributed by atoms with E-state index < -0.39 is 0 Å². The van der Waals surface area contributed by atoms with E-state index >= 15 is 0 Å². The van der Waals surface area contributed by atoms with Crippen molar-refractivity contribution in [3.8, 4) is 0 Å². The molecule has 100 valence electrons. The third-order valence-corrected chi connectivity index (χ3v) is 4.30. The second-order valence-electron chi connectivity index (χ2n) is 6.30. The molecule has 0 saturated carbocycles. The smallest absolute Gasteiger partial charge is 0.0223 e. The van der Waals surface area contributed by atoms with E-state index in [1.54, 1.807) is 0 Å². The van der Waals surface area contributed by atoms with E-state index in [1.807, 2.05) is 0 Å². The summed E-state index contributed by atoms with van der Waals surface area (Å²) in [7, 11) is 4.40. The Morgan fingerprint density at radius 1 is 1.29 bits per heavy atom. The summed E-state index contributed by atoms with van der Waals surface area (Å²) in [5.74, 6) is 0.925. The van der Waals surface area contributed by atoms with Gasteiger partial charge in [0.2, 0.25) is 0 Å². The molecule has 0 aromatic heterocycles. The molecule has 2 heterocycles. The van der Waals surface area contributed by atoms with Crippen molar-refractivity contribution in [2.45, 2.75) is 44.7 Å². The van der Waals surface area contributed by atoms with Gasteiger partial charge in [-0.2, -0.15) is 0 Å². The van der Waals surface area contributed by atoms with Gasteiger partial charge in [0.05, 0.1) is 0 Å². The van der Waals surface area contributed by atoms with Crippen LogP contribution < -0.4 is 5.32 Å². The molecule has 0 spiro atoms. The number of nitrogens with one attached hydrogen (secondary N) is 1. The van der Waals surface area contributed by atoms with E-state index in [0.717, 1.165) is 18.0 Å². The predicted molar refractivity (Wildman–Crippen MR) is 73.3 cm³/mol. The molecular formula is C14H29N3. The van der Waals surface area contributed by atoms with E-state index in [4.69, 9.17) is 0 Å². The summed E-state index contributed by atoms with van der Waals surface area (Å²) in [4.78, 5) is 5.09. The van der Waals surface area contributed by atoms with Crippen molar-refractivity contribution in [2.24, 2.45) is 5.92 Å². The maximum absolute atomic E-state index is 3.55. The van der Waals surface area contributed by atoms with Gasteiger partial charge in [-0.05, 0) is 65.7 Å². The Bertz CT molecular complexity index is 230. The van der Waals surface area contributed by atoms with Crippen molar-refractivity contribution in [3.05, 3.63) is 0 Å². The minimum atomic E-state index is 0.726. The normalized spacial score (nSPS) is 35.6. The molecule has 3 heteroatoms. The molecule has 2 aliphatic rings. The lowest BCUT2D eigenvalue weighted by atomic mass is 9.92. The number of hydrogen-bond acceptors (Lipinski definition) is 3. The maximum Gasteiger partial charge on any atom is 0.0223 e. The van der Waals surface area contributed by atoms with Gasteiger partial charge in [-0.3, -0.25) is 4.90 Å². The van der Waals surface area contributed by atoms with Gasteiger partial charge in [-0.25, -0.2) is 0 Å². The Morgan fingerprint density at radius 2 is 2.12 bits per heavy atom. The Kier molecular flexibility index (Phi) is 4.83. The van der Waals surface area contributed by atoms with Crippen LogP contribution in [0.4, 0.5) is 0 Å². The molecule has 0 amide bonds. The van der Waals surface area contributed by atoms with Crippen LogP contribution in [-0.2, 0) is 0 Å². The first-order valence-electron chi connectivity index (χ1n) is 7.27. The van der Waals surface area contributed by atoms with Gasteiger partial charge in [0.15, 0.2) is 0 Å². The van der Waals surface area contributed by atoms with Gasteiger partial charge in [0.25, 0.3) is 0 Å². The Labute approximate surface area is 107 Å². The third-order valence-electron chi connectivity index (χ3n) is 4.30. The largest absolute Gasteiger partial charge is 0.314 e. The predicted octanol–water partition coefficient (Wildman–Crippen LogP) is 1.40. The van der Waals surface area contributed by atoms with E-state index in [1.165, 1.54) is 51.9 Å². The highest BCUT2D eigenvalue weighted by atomic mass is 15.2. The van der Waals surface area contributed by atoms with Gasteiger partial charge in [0.1, 0.15) is 0 Å². The van der Waals surface area contributed by atoms with Crippen LogP contribution in [0.2, 0.25) is 0 Å². The van der Waals surface area contributed by atoms with Gasteiger partial charge in [0, 0.05) is 25.2 Å². The minimum absolute atomic E-state index is 0.726. The summed E-state index contributed by atoms with van der Waals surface area (Å²) in [6, 6.07) is 1.54. The topological polar surface area (TPSA) is 18.5 Å². The van der Waals surface area contributed by atoms with Gasteiger partial charge in [-0.1, -0.05) is 0 Å². The van der Waals surface area contributed by atoms with Crippen molar-refractivity contribution in [3.63, 3.8) is 0 Å². The summed E-state index contributed by atoms with van der Waals surface area (Å²) in [5, 5.41) is 3.55. The van der Waals surface area contributed by atoms with Gasteiger partial charge < -0.3 is 10.2 Å². The maximum atomic E-state index is 3.55. The molecule has 2 saturated heterocycles. The molecule has 3 unspecified atom stereocenters. The lowest BCUT2D eigenvalue weighted by Gasteiger charge is -2.34. The second-order valence-corrected chi connectivity index (χ2v) is 6.30. The molecule has 2 fully saturated rings. The fraction of sp³-hybridized carbons (Fsp3) is 1.00. The van der Waals surface area contributed by atoms with Crippen LogP contribution >= 0.6 is 0 Å². The quantitative estimate of drug-likeness (QED) is 0.800. The molecule has 2 aliphatic heterocycles. The van der Waals surface area contributed by atoms with E-state index in [-0.39, 0.29) is 0 Å². The number of rotatable bonds is 4. The second kappa shape index (κ2) is 6.17. The number of likely N-dealkylation sites (N-methyl/N-ethyl adjacent to an activating group) is 1. The highest BCUT2D eigenvalue weighted by Crippen LogP contribution is 2.23. The number of piperidine rings is 1. The monoisotopic (exact) mass is 239 g/mol. The zero-order valence-corrected chi connectivity index (χ0v) is 11.8. The summed E-state index contributed by atoms with van der Waals surface area (Å²) >= 11 is 0. The first-order chi connectivity index (χ1) is 8.15. The van der Waals surface area contributed by atoms with Crippen molar-refractivity contribution < 1.29 is 0 Å². The average molecular weight is 239 g/mol. The molecule has 3 nitrogen and oxygen atoms in total. The molecule has 3 atom stereocenters. The standard InChI is InChI=1S/C14H29N3/c1-12-9-13(6-7-15-12)10-17-8-4-5-14(17)11-16(2)3/h12-15H,4-11H2,1-3H3. The highest BCUT2D eigenvalue weighted by Gasteiger charge is 2.28. The van der Waals surface area contributed by atoms with Crippen LogP contribution in [0.3, 0.4) is 0 Å². The summed E-state index contributed by atoms with van der Waals surface area (Å²) in [6.07, 6.45) is 5.54. The van der Waals surface area contributed by atoms with Crippen molar-refractivity contribution in [2.75, 3.05) is 40.3 Å². The SMILES string of the molecule is CC1CC(CN2CCCC2CN(C)C)CCN1. The molecule has 0 aromatic rings. The molecule has 0 bridgehead atoms. The Hall–Kier alpha value is -0.120. The molecule has 17 heavy (non-hydrogen) atoms. The van der Waals surface area contributed by atoms with E-state index in [2.05, 4.69) is 36.1 Å². The highest BCUT2D eigenvalue weighted by molar-refractivity contribution is 4.85. The zero-order valence-electron chi connectivity index (χ0n) is 11.8. The lowest BCUT2D eigenvalue weighted by molar-refractivity contribution is 0.158. The molecule has 2 rings (SSSR count). The number of likely N-dealkylation sites (tertiary alicyclic amines) is 1. The van der Waals surface area contributed by atoms with Crippen LogP contribution in [0.5, 0.6) is 0 Å². The minimum Gasteiger partial charge on any atom is -0.314 e. The first-order valence-corrected chi connectivity index (χ1v) is 7.27. The summed E-state index contributed by atoms with van der Waals surface area (Å²) in [6.45, 7) is 7.45. The summed E-state index contributed by atoms with van der Waals surface area (Å²) < 4.78 is 0. The van der Waals surface area contributed by atoms with Gasteiger partial charge in [-0.15, -0.1) is 0 Å². The molecule has 0 aliphatic carbocycles. The molecule has 1 N–H and O–H groups in total. The van der Waals surface area contributed by atoms with Crippen LogP contribution in [0.1, 0.15) is 32.6 Å². The Balaban J connectivity index is 1.80. The van der Waals surface area contributed by atoms with Crippen LogP contribution in [0.25, 0.3) is 0 Å². The first kappa shape index (κ1) is 13.3. The van der Waals surface area contributed by atoms with Crippen molar-refractivity contribution in [1.82, 2.24) is 15.1 Å². The fourth-order valence-electron chi connectivity index (χ4n) is 3.50. The lowest BCUT2D eigenvalue weighted by Crippen LogP contribution is -2.44. The van der Waals surface area contributed by atoms with Crippen LogP contribution in [0.15, 0.2) is 0 Å². The van der Waals surface area contributed by atoms with Crippen LogP contribution in [-0.4, -0.2) is 62.2 Å². The van der Waals surface area contributed by atoms with Crippen LogP contribution in [0, 0.1) is 5.92 Å². The van der Waals surface area contributed by atoms with Crippen molar-refractivity contribution in [1.29, 1.82) is 0 Å². The number of nitrogens with zero attached hydrogens (tertiary/aromatic N) is 2. The van der Waals surface area contributed by atoms with E-state index in [9.17, 15) is 0 Å². The van der Waals surface area contributed by atoms with Crippen molar-refractivity contribution >= 4 is 0 Å². The van der Waals surface area contributed by atoms with Gasteiger partial charge >= 0.3 is 0 Å². The Morgan fingerprint density at radius 3 is 2.82 bits per heavy atom. The fourth-order valence-corrected chi connectivity index (χ4v) is 3.50. The molecular weight excluding hydrogens is 210 g/mol.